The molecule has 0 bridgehead atoms. The quantitative estimate of drug-likeness (QED) is 0.699. The zero-order chi connectivity index (χ0) is 10.6. The van der Waals surface area contributed by atoms with Gasteiger partial charge in [-0.1, -0.05) is 12.8 Å². The van der Waals surface area contributed by atoms with E-state index < -0.39 is 0 Å². The Bertz CT molecular complexity index is 192. The van der Waals surface area contributed by atoms with E-state index in [2.05, 4.69) is 31.4 Å². The molecule has 0 aliphatic heterocycles. The molecule has 0 aromatic rings. The Labute approximate surface area is 86.6 Å². The molecule has 1 amide bonds. The number of hydrogen-bond donors (Lipinski definition) is 2. The van der Waals surface area contributed by atoms with Crippen molar-refractivity contribution in [3.63, 3.8) is 0 Å². The first-order valence-electron chi connectivity index (χ1n) is 5.49. The molecule has 0 aromatic carbocycles. The Morgan fingerprint density at radius 1 is 1.36 bits per heavy atom. The van der Waals surface area contributed by atoms with Gasteiger partial charge in [0, 0.05) is 12.1 Å². The van der Waals surface area contributed by atoms with Crippen molar-refractivity contribution in [2.45, 2.75) is 45.6 Å². The van der Waals surface area contributed by atoms with Crippen LogP contribution in [-0.2, 0) is 4.79 Å². The number of carbonyl (C=O) groups excluding carboxylic acids is 1. The SMILES string of the molecule is CC(C)(C)NCC(=O)NCCC1CC1. The number of amides is 1. The van der Waals surface area contributed by atoms with Gasteiger partial charge in [-0.3, -0.25) is 4.79 Å². The Morgan fingerprint density at radius 2 is 2.00 bits per heavy atom. The van der Waals surface area contributed by atoms with Crippen LogP contribution in [0.5, 0.6) is 0 Å². The van der Waals surface area contributed by atoms with Gasteiger partial charge in [0.15, 0.2) is 0 Å². The summed E-state index contributed by atoms with van der Waals surface area (Å²) in [4.78, 5) is 11.3. The van der Waals surface area contributed by atoms with E-state index in [1.807, 2.05) is 0 Å². The Hall–Kier alpha value is -0.570. The smallest absolute Gasteiger partial charge is 0.233 e. The summed E-state index contributed by atoms with van der Waals surface area (Å²) in [5, 5.41) is 6.09. The van der Waals surface area contributed by atoms with Crippen molar-refractivity contribution in [2.75, 3.05) is 13.1 Å². The number of hydrogen-bond acceptors (Lipinski definition) is 2. The molecule has 0 atom stereocenters. The van der Waals surface area contributed by atoms with Crippen LogP contribution in [0.1, 0.15) is 40.0 Å². The molecular weight excluding hydrogens is 176 g/mol. The van der Waals surface area contributed by atoms with Crippen molar-refractivity contribution in [2.24, 2.45) is 5.92 Å². The second-order valence-electron chi connectivity index (χ2n) is 5.19. The van der Waals surface area contributed by atoms with Gasteiger partial charge in [0.25, 0.3) is 0 Å². The van der Waals surface area contributed by atoms with Crippen molar-refractivity contribution in [1.82, 2.24) is 10.6 Å². The molecule has 1 rings (SSSR count). The fourth-order valence-corrected chi connectivity index (χ4v) is 1.23. The highest BCUT2D eigenvalue weighted by Gasteiger charge is 2.20. The summed E-state index contributed by atoms with van der Waals surface area (Å²) in [7, 11) is 0. The van der Waals surface area contributed by atoms with Gasteiger partial charge in [-0.15, -0.1) is 0 Å². The summed E-state index contributed by atoms with van der Waals surface area (Å²) < 4.78 is 0. The van der Waals surface area contributed by atoms with Crippen molar-refractivity contribution in [1.29, 1.82) is 0 Å². The second-order valence-corrected chi connectivity index (χ2v) is 5.19. The molecule has 0 spiro atoms. The lowest BCUT2D eigenvalue weighted by atomic mass is 10.1. The minimum atomic E-state index is 0.0217. The Balaban J connectivity index is 1.97. The summed E-state index contributed by atoms with van der Waals surface area (Å²) in [6.45, 7) is 7.45. The van der Waals surface area contributed by atoms with Gasteiger partial charge in [-0.25, -0.2) is 0 Å². The van der Waals surface area contributed by atoms with E-state index in [4.69, 9.17) is 0 Å². The van der Waals surface area contributed by atoms with Crippen LogP contribution in [-0.4, -0.2) is 24.5 Å². The second kappa shape index (κ2) is 4.78. The van der Waals surface area contributed by atoms with Crippen LogP contribution in [0.2, 0.25) is 0 Å². The minimum absolute atomic E-state index is 0.0217. The molecule has 3 nitrogen and oxygen atoms in total. The normalized spacial score (nSPS) is 16.8. The average molecular weight is 198 g/mol. The van der Waals surface area contributed by atoms with Crippen LogP contribution >= 0.6 is 0 Å². The summed E-state index contributed by atoms with van der Waals surface area (Å²) in [6.07, 6.45) is 3.87. The zero-order valence-corrected chi connectivity index (χ0v) is 9.52. The van der Waals surface area contributed by atoms with E-state index >= 15 is 0 Å². The van der Waals surface area contributed by atoms with Crippen LogP contribution in [0.15, 0.2) is 0 Å². The maximum absolute atomic E-state index is 11.3. The van der Waals surface area contributed by atoms with Crippen LogP contribution in [0.4, 0.5) is 0 Å². The maximum atomic E-state index is 11.3. The number of carbonyl (C=O) groups is 1. The monoisotopic (exact) mass is 198 g/mol. The highest BCUT2D eigenvalue weighted by atomic mass is 16.1. The molecule has 1 saturated carbocycles. The molecule has 1 fully saturated rings. The third kappa shape index (κ3) is 5.97. The van der Waals surface area contributed by atoms with E-state index in [1.54, 1.807) is 0 Å². The summed E-state index contributed by atoms with van der Waals surface area (Å²) in [6, 6.07) is 0. The molecule has 0 saturated heterocycles. The van der Waals surface area contributed by atoms with Crippen LogP contribution in [0.25, 0.3) is 0 Å². The summed E-state index contributed by atoms with van der Waals surface area (Å²) in [5.41, 5.74) is 0.0217. The molecule has 0 heterocycles. The predicted octanol–water partition coefficient (Wildman–Crippen LogP) is 1.29. The first-order valence-corrected chi connectivity index (χ1v) is 5.49. The lowest BCUT2D eigenvalue weighted by Gasteiger charge is -2.19. The molecule has 3 heteroatoms. The molecule has 2 N–H and O–H groups in total. The van der Waals surface area contributed by atoms with E-state index in [1.165, 1.54) is 12.8 Å². The van der Waals surface area contributed by atoms with Gasteiger partial charge in [-0.2, -0.15) is 0 Å². The molecular formula is C11H22N2O. The van der Waals surface area contributed by atoms with E-state index in [0.717, 1.165) is 18.9 Å². The van der Waals surface area contributed by atoms with Gasteiger partial charge in [0.05, 0.1) is 6.54 Å². The van der Waals surface area contributed by atoms with Crippen LogP contribution in [0.3, 0.4) is 0 Å². The molecule has 82 valence electrons. The van der Waals surface area contributed by atoms with E-state index in [0.29, 0.717) is 6.54 Å². The molecule has 0 aromatic heterocycles. The van der Waals surface area contributed by atoms with Crippen molar-refractivity contribution in [3.05, 3.63) is 0 Å². The largest absolute Gasteiger partial charge is 0.355 e. The van der Waals surface area contributed by atoms with Gasteiger partial charge in [-0.05, 0) is 33.1 Å². The van der Waals surface area contributed by atoms with Crippen molar-refractivity contribution >= 4 is 5.91 Å². The summed E-state index contributed by atoms with van der Waals surface area (Å²) >= 11 is 0. The fourth-order valence-electron chi connectivity index (χ4n) is 1.23. The van der Waals surface area contributed by atoms with E-state index in [-0.39, 0.29) is 11.4 Å². The first-order chi connectivity index (χ1) is 6.47. The zero-order valence-electron chi connectivity index (χ0n) is 9.52. The number of nitrogens with one attached hydrogen (secondary N) is 2. The fraction of sp³-hybridized carbons (Fsp3) is 0.909. The molecule has 14 heavy (non-hydrogen) atoms. The molecule has 0 unspecified atom stereocenters. The van der Waals surface area contributed by atoms with E-state index in [9.17, 15) is 4.79 Å². The lowest BCUT2D eigenvalue weighted by molar-refractivity contribution is -0.120. The van der Waals surface area contributed by atoms with Crippen molar-refractivity contribution < 1.29 is 4.79 Å². The van der Waals surface area contributed by atoms with Gasteiger partial charge in [0.2, 0.25) is 5.91 Å². The molecule has 0 radical (unpaired) electrons. The highest BCUT2D eigenvalue weighted by Crippen LogP contribution is 2.31. The predicted molar refractivity (Wildman–Crippen MR) is 58.1 cm³/mol. The third-order valence-electron chi connectivity index (χ3n) is 2.35. The van der Waals surface area contributed by atoms with Gasteiger partial charge in [0.1, 0.15) is 0 Å². The minimum Gasteiger partial charge on any atom is -0.355 e. The highest BCUT2D eigenvalue weighted by molar-refractivity contribution is 5.78. The van der Waals surface area contributed by atoms with Gasteiger partial charge < -0.3 is 10.6 Å². The van der Waals surface area contributed by atoms with Crippen LogP contribution < -0.4 is 10.6 Å². The van der Waals surface area contributed by atoms with Gasteiger partial charge >= 0.3 is 0 Å². The molecule has 1 aliphatic carbocycles. The van der Waals surface area contributed by atoms with Crippen LogP contribution in [0, 0.1) is 5.92 Å². The standard InChI is InChI=1S/C11H22N2O/c1-11(2,3)13-8-10(14)12-7-6-9-4-5-9/h9,13H,4-8H2,1-3H3,(H,12,14). The summed E-state index contributed by atoms with van der Waals surface area (Å²) in [5.74, 6) is 1.01. The number of rotatable bonds is 5. The van der Waals surface area contributed by atoms with Crippen molar-refractivity contribution in [3.8, 4) is 0 Å². The lowest BCUT2D eigenvalue weighted by Crippen LogP contribution is -2.43. The topological polar surface area (TPSA) is 41.1 Å². The first kappa shape index (κ1) is 11.5. The average Bonchev–Trinajstić information content (AvgIpc) is 2.83. The molecule has 1 aliphatic rings. The third-order valence-corrected chi connectivity index (χ3v) is 2.35. The Kier molecular flexibility index (Phi) is 3.93. The maximum Gasteiger partial charge on any atom is 0.233 e. The Morgan fingerprint density at radius 3 is 2.50 bits per heavy atom.